The van der Waals surface area contributed by atoms with Gasteiger partial charge in [0.05, 0.1) is 5.54 Å². The van der Waals surface area contributed by atoms with E-state index in [0.717, 1.165) is 5.56 Å². The molecule has 0 spiro atoms. The average Bonchev–Trinajstić information content (AvgIpc) is 2.61. The van der Waals surface area contributed by atoms with Gasteiger partial charge in [-0.2, -0.15) is 0 Å². The Kier molecular flexibility index (Phi) is 2.93. The second-order valence-corrected chi connectivity index (χ2v) is 4.51. The molecule has 1 aromatic rings. The molecule has 0 radical (unpaired) electrons. The summed E-state index contributed by atoms with van der Waals surface area (Å²) in [6, 6.07) is 6.74. The first-order valence-corrected chi connectivity index (χ1v) is 5.47. The van der Waals surface area contributed by atoms with Crippen molar-refractivity contribution in [3.63, 3.8) is 0 Å². The largest absolute Gasteiger partial charge is 0.508 e. The summed E-state index contributed by atoms with van der Waals surface area (Å²) < 4.78 is 5.03. The first-order chi connectivity index (χ1) is 8.05. The Labute approximate surface area is 99.8 Å². The molecule has 92 valence electrons. The van der Waals surface area contributed by atoms with Gasteiger partial charge in [-0.05, 0) is 24.6 Å². The predicted molar refractivity (Wildman–Crippen MR) is 62.5 cm³/mol. The number of nitrogens with two attached hydrogens (primary N) is 1. The van der Waals surface area contributed by atoms with Crippen LogP contribution in [-0.2, 0) is 11.3 Å². The van der Waals surface area contributed by atoms with E-state index in [0.29, 0.717) is 19.7 Å². The van der Waals surface area contributed by atoms with Crippen LogP contribution in [0.1, 0.15) is 12.5 Å². The molecule has 17 heavy (non-hydrogen) atoms. The quantitative estimate of drug-likeness (QED) is 0.822. The molecule has 1 atom stereocenters. The summed E-state index contributed by atoms with van der Waals surface area (Å²) in [7, 11) is 0. The van der Waals surface area contributed by atoms with Gasteiger partial charge in [-0.25, -0.2) is 4.79 Å². The smallest absolute Gasteiger partial charge is 0.410 e. The van der Waals surface area contributed by atoms with Crippen molar-refractivity contribution in [2.24, 2.45) is 5.73 Å². The Morgan fingerprint density at radius 1 is 1.47 bits per heavy atom. The van der Waals surface area contributed by atoms with E-state index in [-0.39, 0.29) is 11.8 Å². The van der Waals surface area contributed by atoms with Gasteiger partial charge in [-0.3, -0.25) is 4.90 Å². The molecule has 1 amide bonds. The van der Waals surface area contributed by atoms with Crippen molar-refractivity contribution in [1.29, 1.82) is 0 Å². The van der Waals surface area contributed by atoms with E-state index in [1.54, 1.807) is 29.2 Å². The number of cyclic esters (lactones) is 1. The number of phenolic OH excluding ortho intramolecular Hbond substituents is 1. The lowest BCUT2D eigenvalue weighted by Crippen LogP contribution is -2.49. The van der Waals surface area contributed by atoms with Gasteiger partial charge in [0.15, 0.2) is 0 Å². The number of aromatic hydroxyl groups is 1. The van der Waals surface area contributed by atoms with Gasteiger partial charge in [-0.15, -0.1) is 0 Å². The molecule has 1 saturated heterocycles. The number of benzene rings is 1. The minimum atomic E-state index is -0.449. The molecule has 0 saturated carbocycles. The summed E-state index contributed by atoms with van der Waals surface area (Å²) >= 11 is 0. The van der Waals surface area contributed by atoms with Gasteiger partial charge >= 0.3 is 6.09 Å². The topological polar surface area (TPSA) is 75.8 Å². The standard InChI is InChI=1S/C12H16N2O3/c1-12(7-13)8-17-11(16)14(12)6-9-2-4-10(15)5-3-9/h2-5,15H,6-8,13H2,1H3. The summed E-state index contributed by atoms with van der Waals surface area (Å²) in [6.45, 7) is 3.02. The van der Waals surface area contributed by atoms with Crippen molar-refractivity contribution < 1.29 is 14.6 Å². The van der Waals surface area contributed by atoms with Crippen LogP contribution in [0.3, 0.4) is 0 Å². The number of hydrogen-bond acceptors (Lipinski definition) is 4. The zero-order chi connectivity index (χ0) is 12.5. The van der Waals surface area contributed by atoms with Crippen LogP contribution < -0.4 is 5.73 Å². The average molecular weight is 236 g/mol. The molecule has 1 unspecified atom stereocenters. The fourth-order valence-corrected chi connectivity index (χ4v) is 1.80. The third-order valence-electron chi connectivity index (χ3n) is 3.10. The van der Waals surface area contributed by atoms with Crippen LogP contribution >= 0.6 is 0 Å². The lowest BCUT2D eigenvalue weighted by molar-refractivity contribution is 0.151. The highest BCUT2D eigenvalue weighted by atomic mass is 16.6. The maximum absolute atomic E-state index is 11.6. The Hall–Kier alpha value is -1.75. The highest BCUT2D eigenvalue weighted by Crippen LogP contribution is 2.25. The van der Waals surface area contributed by atoms with E-state index >= 15 is 0 Å². The van der Waals surface area contributed by atoms with Crippen LogP contribution in [0.4, 0.5) is 4.79 Å². The molecule has 2 rings (SSSR count). The van der Waals surface area contributed by atoms with Crippen molar-refractivity contribution in [2.75, 3.05) is 13.2 Å². The number of phenols is 1. The first kappa shape index (κ1) is 11.7. The van der Waals surface area contributed by atoms with Gasteiger partial charge < -0.3 is 15.6 Å². The maximum atomic E-state index is 11.6. The highest BCUT2D eigenvalue weighted by Gasteiger charge is 2.42. The molecule has 3 N–H and O–H groups in total. The maximum Gasteiger partial charge on any atom is 0.410 e. The van der Waals surface area contributed by atoms with Crippen LogP contribution in [0.15, 0.2) is 24.3 Å². The van der Waals surface area contributed by atoms with Crippen LogP contribution in [-0.4, -0.2) is 34.8 Å². The fraction of sp³-hybridized carbons (Fsp3) is 0.417. The zero-order valence-electron chi connectivity index (χ0n) is 9.72. The summed E-state index contributed by atoms with van der Waals surface area (Å²) in [5.74, 6) is 0.208. The SMILES string of the molecule is CC1(CN)COC(=O)N1Cc1ccc(O)cc1. The van der Waals surface area contributed by atoms with Crippen LogP contribution in [0.25, 0.3) is 0 Å². The lowest BCUT2D eigenvalue weighted by Gasteiger charge is -2.30. The molecule has 0 aliphatic carbocycles. The van der Waals surface area contributed by atoms with E-state index in [1.165, 1.54) is 0 Å². The van der Waals surface area contributed by atoms with Crippen molar-refractivity contribution in [3.8, 4) is 5.75 Å². The number of carbonyl (C=O) groups is 1. The molecule has 0 bridgehead atoms. The Balaban J connectivity index is 2.16. The van der Waals surface area contributed by atoms with Gasteiger partial charge in [-0.1, -0.05) is 12.1 Å². The molecule has 0 aromatic heterocycles. The summed E-state index contributed by atoms with van der Waals surface area (Å²) in [5, 5.41) is 9.19. The number of nitrogens with zero attached hydrogens (tertiary/aromatic N) is 1. The normalized spacial score (nSPS) is 23.9. The zero-order valence-corrected chi connectivity index (χ0v) is 9.72. The Bertz CT molecular complexity index is 418. The molecule has 1 fully saturated rings. The molecular weight excluding hydrogens is 220 g/mol. The summed E-state index contributed by atoms with van der Waals surface area (Å²) in [4.78, 5) is 13.2. The van der Waals surface area contributed by atoms with Gasteiger partial charge in [0.2, 0.25) is 0 Å². The second-order valence-electron chi connectivity index (χ2n) is 4.51. The third-order valence-corrected chi connectivity index (χ3v) is 3.10. The molecule has 1 heterocycles. The van der Waals surface area contributed by atoms with E-state index in [9.17, 15) is 9.90 Å². The lowest BCUT2D eigenvalue weighted by atomic mass is 10.0. The van der Waals surface area contributed by atoms with Crippen LogP contribution in [0, 0.1) is 0 Å². The number of ether oxygens (including phenoxy) is 1. The van der Waals surface area contributed by atoms with E-state index < -0.39 is 5.54 Å². The number of amides is 1. The monoisotopic (exact) mass is 236 g/mol. The van der Waals surface area contributed by atoms with Gasteiger partial charge in [0.1, 0.15) is 12.4 Å². The fourth-order valence-electron chi connectivity index (χ4n) is 1.80. The van der Waals surface area contributed by atoms with Crippen molar-refractivity contribution in [3.05, 3.63) is 29.8 Å². The highest BCUT2D eigenvalue weighted by molar-refractivity contribution is 5.71. The summed E-state index contributed by atoms with van der Waals surface area (Å²) in [5.41, 5.74) is 6.17. The number of carbonyl (C=O) groups excluding carboxylic acids is 1. The molecule has 1 aliphatic heterocycles. The van der Waals surface area contributed by atoms with E-state index in [4.69, 9.17) is 10.5 Å². The second kappa shape index (κ2) is 4.25. The molecule has 1 aromatic carbocycles. The Morgan fingerprint density at radius 2 is 2.12 bits per heavy atom. The molecule has 5 nitrogen and oxygen atoms in total. The Morgan fingerprint density at radius 3 is 2.71 bits per heavy atom. The summed E-state index contributed by atoms with van der Waals surface area (Å²) in [6.07, 6.45) is -0.342. The number of rotatable bonds is 3. The molecular formula is C12H16N2O3. The van der Waals surface area contributed by atoms with Crippen molar-refractivity contribution >= 4 is 6.09 Å². The van der Waals surface area contributed by atoms with E-state index in [2.05, 4.69) is 0 Å². The predicted octanol–water partition coefficient (Wildman–Crippen LogP) is 1.06. The first-order valence-electron chi connectivity index (χ1n) is 5.47. The third kappa shape index (κ3) is 2.19. The van der Waals surface area contributed by atoms with Crippen LogP contribution in [0.5, 0.6) is 5.75 Å². The number of hydrogen-bond donors (Lipinski definition) is 2. The van der Waals surface area contributed by atoms with Gasteiger partial charge in [0.25, 0.3) is 0 Å². The van der Waals surface area contributed by atoms with Gasteiger partial charge in [0, 0.05) is 13.1 Å². The molecule has 5 heteroatoms. The minimum absolute atomic E-state index is 0.208. The van der Waals surface area contributed by atoms with Crippen LogP contribution in [0.2, 0.25) is 0 Å². The van der Waals surface area contributed by atoms with E-state index in [1.807, 2.05) is 6.92 Å². The van der Waals surface area contributed by atoms with Crippen molar-refractivity contribution in [2.45, 2.75) is 19.0 Å². The molecule has 1 aliphatic rings. The van der Waals surface area contributed by atoms with Crippen molar-refractivity contribution in [1.82, 2.24) is 4.90 Å². The minimum Gasteiger partial charge on any atom is -0.508 e.